The van der Waals surface area contributed by atoms with Crippen molar-refractivity contribution >= 4 is 17.5 Å². The van der Waals surface area contributed by atoms with Crippen LogP contribution in [0, 0.1) is 0 Å². The van der Waals surface area contributed by atoms with Crippen molar-refractivity contribution in [2.75, 3.05) is 5.32 Å². The Hall–Kier alpha value is -3.38. The Morgan fingerprint density at radius 3 is 2.52 bits per heavy atom. The lowest BCUT2D eigenvalue weighted by atomic mass is 10.1. The van der Waals surface area contributed by atoms with Crippen molar-refractivity contribution in [3.63, 3.8) is 0 Å². The zero-order valence-corrected chi connectivity index (χ0v) is 16.5. The first kappa shape index (κ1) is 20.4. The van der Waals surface area contributed by atoms with Crippen molar-refractivity contribution in [1.82, 2.24) is 5.32 Å². The summed E-state index contributed by atoms with van der Waals surface area (Å²) in [5, 5.41) is 5.62. The van der Waals surface area contributed by atoms with Gasteiger partial charge in [0, 0.05) is 17.8 Å². The maximum absolute atomic E-state index is 12.5. The molecule has 0 aliphatic rings. The Morgan fingerprint density at radius 1 is 0.966 bits per heavy atom. The lowest BCUT2D eigenvalue weighted by molar-refractivity contribution is 0.0657. The van der Waals surface area contributed by atoms with Gasteiger partial charge in [0.05, 0.1) is 19.0 Å². The fourth-order valence-electron chi connectivity index (χ4n) is 2.72. The second kappa shape index (κ2) is 9.71. The summed E-state index contributed by atoms with van der Waals surface area (Å²) < 4.78 is 10.7. The molecule has 0 saturated heterocycles. The highest BCUT2D eigenvalue weighted by atomic mass is 16.5. The summed E-state index contributed by atoms with van der Waals surface area (Å²) >= 11 is 0. The number of rotatable bonds is 8. The molecule has 3 aromatic rings. The van der Waals surface area contributed by atoms with Gasteiger partial charge in [-0.25, -0.2) is 0 Å². The normalized spacial score (nSPS) is 10.7. The van der Waals surface area contributed by atoms with E-state index in [1.807, 2.05) is 38.1 Å². The monoisotopic (exact) mass is 392 g/mol. The smallest absolute Gasteiger partial charge is 0.291 e. The summed E-state index contributed by atoms with van der Waals surface area (Å²) in [6.45, 7) is 4.93. The lowest BCUT2D eigenvalue weighted by Crippen LogP contribution is -2.23. The average Bonchev–Trinajstić information content (AvgIpc) is 3.26. The zero-order chi connectivity index (χ0) is 20.6. The number of ether oxygens (including phenoxy) is 1. The maximum atomic E-state index is 12.5. The predicted octanol–water partition coefficient (Wildman–Crippen LogP) is 4.39. The molecule has 6 nitrogen and oxygen atoms in total. The summed E-state index contributed by atoms with van der Waals surface area (Å²) in [7, 11) is 0. The van der Waals surface area contributed by atoms with Crippen LogP contribution in [0.1, 0.15) is 45.9 Å². The van der Waals surface area contributed by atoms with Crippen LogP contribution in [0.15, 0.2) is 71.3 Å². The first-order chi connectivity index (χ1) is 14.0. The molecule has 1 aromatic heterocycles. The molecule has 0 spiro atoms. The number of carbonyl (C=O) groups excluding carboxylic acids is 2. The van der Waals surface area contributed by atoms with Gasteiger partial charge in [-0.2, -0.15) is 0 Å². The fourth-order valence-corrected chi connectivity index (χ4v) is 2.72. The molecule has 0 bridgehead atoms. The largest absolute Gasteiger partial charge is 0.459 e. The van der Waals surface area contributed by atoms with Crippen molar-refractivity contribution in [2.24, 2.45) is 0 Å². The van der Waals surface area contributed by atoms with E-state index < -0.39 is 0 Å². The highest BCUT2D eigenvalue weighted by Crippen LogP contribution is 2.13. The number of amides is 2. The number of carbonyl (C=O) groups is 2. The molecule has 0 aliphatic carbocycles. The highest BCUT2D eigenvalue weighted by molar-refractivity contribution is 6.03. The molecule has 0 aliphatic heterocycles. The van der Waals surface area contributed by atoms with Crippen LogP contribution in [0.3, 0.4) is 0 Å². The molecule has 3 rings (SSSR count). The topological polar surface area (TPSA) is 80.6 Å². The zero-order valence-electron chi connectivity index (χ0n) is 16.5. The van der Waals surface area contributed by atoms with Gasteiger partial charge in [-0.05, 0) is 55.3 Å². The molecule has 0 saturated carbocycles. The van der Waals surface area contributed by atoms with E-state index >= 15 is 0 Å². The number of nitrogens with one attached hydrogen (secondary N) is 2. The third-order valence-electron chi connectivity index (χ3n) is 4.16. The molecular formula is C23H24N2O4. The average molecular weight is 392 g/mol. The summed E-state index contributed by atoms with van der Waals surface area (Å²) in [4.78, 5) is 24.6. The molecule has 0 unspecified atom stereocenters. The number of furan rings is 1. The van der Waals surface area contributed by atoms with Crippen LogP contribution in [-0.2, 0) is 17.9 Å². The first-order valence-corrected chi connectivity index (χ1v) is 9.44. The SMILES string of the molecule is CC(C)OCc1cccc(CNC(=O)c2cccc(NC(=O)c3ccco3)c2)c1. The number of hydrogen-bond acceptors (Lipinski definition) is 4. The summed E-state index contributed by atoms with van der Waals surface area (Å²) in [5.74, 6) is -0.378. The Balaban J connectivity index is 1.58. The van der Waals surface area contributed by atoms with Gasteiger partial charge in [-0.1, -0.05) is 30.3 Å². The van der Waals surface area contributed by atoms with Gasteiger partial charge >= 0.3 is 0 Å². The summed E-state index contributed by atoms with van der Waals surface area (Å²) in [6.07, 6.45) is 1.60. The number of benzene rings is 2. The van der Waals surface area contributed by atoms with E-state index in [9.17, 15) is 9.59 Å². The van der Waals surface area contributed by atoms with Crippen LogP contribution in [0.25, 0.3) is 0 Å². The van der Waals surface area contributed by atoms with Gasteiger partial charge in [0.15, 0.2) is 5.76 Å². The van der Waals surface area contributed by atoms with Crippen molar-refractivity contribution in [2.45, 2.75) is 33.1 Å². The molecule has 0 radical (unpaired) electrons. The molecular weight excluding hydrogens is 368 g/mol. The standard InChI is InChI=1S/C23H24N2O4/c1-16(2)29-15-18-7-3-6-17(12-18)14-24-22(26)19-8-4-9-20(13-19)25-23(27)21-10-5-11-28-21/h3-13,16H,14-15H2,1-2H3,(H,24,26)(H,25,27). The quantitative estimate of drug-likeness (QED) is 0.596. The number of hydrogen-bond donors (Lipinski definition) is 2. The molecule has 2 N–H and O–H groups in total. The minimum atomic E-state index is -0.368. The van der Waals surface area contributed by atoms with Gasteiger partial charge in [-0.3, -0.25) is 9.59 Å². The van der Waals surface area contributed by atoms with E-state index in [0.29, 0.717) is 24.4 Å². The summed E-state index contributed by atoms with van der Waals surface area (Å²) in [6, 6.07) is 17.9. The minimum Gasteiger partial charge on any atom is -0.459 e. The molecule has 0 atom stereocenters. The van der Waals surface area contributed by atoms with Crippen LogP contribution in [-0.4, -0.2) is 17.9 Å². The van der Waals surface area contributed by atoms with E-state index in [0.717, 1.165) is 11.1 Å². The van der Waals surface area contributed by atoms with E-state index in [1.165, 1.54) is 6.26 Å². The Kier molecular flexibility index (Phi) is 6.81. The molecule has 0 fully saturated rings. The maximum Gasteiger partial charge on any atom is 0.291 e. The van der Waals surface area contributed by atoms with Crippen LogP contribution < -0.4 is 10.6 Å². The second-order valence-corrected chi connectivity index (χ2v) is 6.87. The highest BCUT2D eigenvalue weighted by Gasteiger charge is 2.11. The van der Waals surface area contributed by atoms with Crippen LogP contribution >= 0.6 is 0 Å². The van der Waals surface area contributed by atoms with Crippen molar-refractivity contribution in [3.8, 4) is 0 Å². The predicted molar refractivity (Wildman–Crippen MR) is 111 cm³/mol. The van der Waals surface area contributed by atoms with E-state index in [4.69, 9.17) is 9.15 Å². The Bertz CT molecular complexity index is 965. The Labute approximate surface area is 169 Å². The fraction of sp³-hybridized carbons (Fsp3) is 0.217. The van der Waals surface area contributed by atoms with Gasteiger partial charge in [0.1, 0.15) is 0 Å². The molecule has 150 valence electrons. The van der Waals surface area contributed by atoms with Gasteiger partial charge < -0.3 is 19.8 Å². The molecule has 2 aromatic carbocycles. The Morgan fingerprint density at radius 2 is 1.76 bits per heavy atom. The molecule has 6 heteroatoms. The third kappa shape index (κ3) is 6.05. The number of anilines is 1. The third-order valence-corrected chi connectivity index (χ3v) is 4.16. The molecule has 29 heavy (non-hydrogen) atoms. The minimum absolute atomic E-state index is 0.166. The van der Waals surface area contributed by atoms with Crippen LogP contribution in [0.4, 0.5) is 5.69 Å². The van der Waals surface area contributed by atoms with E-state index in [2.05, 4.69) is 10.6 Å². The van der Waals surface area contributed by atoms with Crippen LogP contribution in [0.2, 0.25) is 0 Å². The van der Waals surface area contributed by atoms with Gasteiger partial charge in [-0.15, -0.1) is 0 Å². The summed E-state index contributed by atoms with van der Waals surface area (Å²) in [5.41, 5.74) is 3.03. The van der Waals surface area contributed by atoms with Gasteiger partial charge in [0.2, 0.25) is 0 Å². The first-order valence-electron chi connectivity index (χ1n) is 9.44. The molecule has 2 amide bonds. The van der Waals surface area contributed by atoms with Crippen LogP contribution in [0.5, 0.6) is 0 Å². The van der Waals surface area contributed by atoms with Crippen molar-refractivity contribution < 1.29 is 18.7 Å². The van der Waals surface area contributed by atoms with Crippen molar-refractivity contribution in [3.05, 3.63) is 89.4 Å². The van der Waals surface area contributed by atoms with Crippen molar-refractivity contribution in [1.29, 1.82) is 0 Å². The second-order valence-electron chi connectivity index (χ2n) is 6.87. The van der Waals surface area contributed by atoms with Gasteiger partial charge in [0.25, 0.3) is 11.8 Å². The van der Waals surface area contributed by atoms with E-state index in [-0.39, 0.29) is 23.7 Å². The van der Waals surface area contributed by atoms with E-state index in [1.54, 1.807) is 36.4 Å². The lowest BCUT2D eigenvalue weighted by Gasteiger charge is -2.10. The molecule has 1 heterocycles.